The van der Waals surface area contributed by atoms with E-state index in [1.807, 2.05) is 19.9 Å². The van der Waals surface area contributed by atoms with Gasteiger partial charge in [0.2, 0.25) is 5.36 Å². The van der Waals surface area contributed by atoms with E-state index >= 15 is 0 Å². The van der Waals surface area contributed by atoms with Crippen molar-refractivity contribution in [2.45, 2.75) is 64.8 Å². The van der Waals surface area contributed by atoms with E-state index in [0.717, 1.165) is 41.9 Å². The van der Waals surface area contributed by atoms with Gasteiger partial charge in [0.1, 0.15) is 18.8 Å². The van der Waals surface area contributed by atoms with E-state index in [9.17, 15) is 22.9 Å². The number of likely N-dealkylation sites (N-methyl/N-ethyl adjacent to an activating group) is 1. The summed E-state index contributed by atoms with van der Waals surface area (Å²) in [5.41, 5.74) is 6.16. The third kappa shape index (κ3) is 4.58. The maximum atomic E-state index is 12.0. The van der Waals surface area contributed by atoms with Crippen LogP contribution in [0.1, 0.15) is 75.3 Å². The van der Waals surface area contributed by atoms with E-state index in [-0.39, 0.29) is 11.8 Å². The minimum absolute atomic E-state index is 0.0557. The Morgan fingerprint density at radius 2 is 1.84 bits per heavy atom. The van der Waals surface area contributed by atoms with Gasteiger partial charge in [-0.3, -0.25) is 9.35 Å². The summed E-state index contributed by atoms with van der Waals surface area (Å²) in [5.74, 6) is -1.31. The van der Waals surface area contributed by atoms with Gasteiger partial charge in [0.15, 0.2) is 0 Å². The first kappa shape index (κ1) is 26.6. The minimum Gasteiger partial charge on any atom is -0.481 e. The van der Waals surface area contributed by atoms with Crippen LogP contribution in [0.5, 0.6) is 0 Å². The number of nitrogens with zero attached hydrogens (tertiary/aromatic N) is 2. The van der Waals surface area contributed by atoms with Gasteiger partial charge in [-0.05, 0) is 78.9 Å². The van der Waals surface area contributed by atoms with Crippen molar-refractivity contribution in [3.8, 4) is 0 Å². The van der Waals surface area contributed by atoms with Crippen molar-refractivity contribution in [3.63, 3.8) is 0 Å². The van der Waals surface area contributed by atoms with Gasteiger partial charge in [-0.1, -0.05) is 19.9 Å². The Hall–Kier alpha value is -2.97. The van der Waals surface area contributed by atoms with E-state index in [0.29, 0.717) is 18.5 Å². The Bertz CT molecular complexity index is 1620. The largest absolute Gasteiger partial charge is 0.481 e. The first-order valence-corrected chi connectivity index (χ1v) is 14.9. The van der Waals surface area contributed by atoms with Gasteiger partial charge in [0.25, 0.3) is 10.1 Å². The third-order valence-electron chi connectivity index (χ3n) is 8.42. The molecule has 0 saturated heterocycles. The zero-order valence-corrected chi connectivity index (χ0v) is 23.7. The first-order chi connectivity index (χ1) is 17.7. The average Bonchev–Trinajstić information content (AvgIpc) is 3.20. The fourth-order valence-corrected chi connectivity index (χ4v) is 7.21. The maximum Gasteiger partial charge on any atom is 0.303 e. The summed E-state index contributed by atoms with van der Waals surface area (Å²) >= 11 is 0. The molecule has 7 nitrogen and oxygen atoms in total. The lowest BCUT2D eigenvalue weighted by molar-refractivity contribution is -0.137. The Morgan fingerprint density at radius 1 is 1.11 bits per heavy atom. The number of anilines is 1. The van der Waals surface area contributed by atoms with Crippen LogP contribution in [0.4, 0.5) is 5.69 Å². The summed E-state index contributed by atoms with van der Waals surface area (Å²) in [6, 6.07) is 8.87. The first-order valence-electron chi connectivity index (χ1n) is 13.3. The van der Waals surface area contributed by atoms with Crippen LogP contribution in [0.3, 0.4) is 0 Å². The van der Waals surface area contributed by atoms with Crippen LogP contribution in [0.15, 0.2) is 30.3 Å². The molecule has 0 fully saturated rings. The fourth-order valence-electron chi connectivity index (χ4n) is 6.58. The van der Waals surface area contributed by atoms with Crippen molar-refractivity contribution in [1.29, 1.82) is 0 Å². The van der Waals surface area contributed by atoms with Gasteiger partial charge in [0.05, 0.1) is 5.54 Å². The molecule has 0 radical (unpaired) electrons. The molecular formula is C30H37N2O5S+. The number of hydrogen-bond acceptors (Lipinski definition) is 4. The summed E-state index contributed by atoms with van der Waals surface area (Å²) in [7, 11) is -4.25. The normalized spacial score (nSPS) is 18.6. The quantitative estimate of drug-likeness (QED) is 0.416. The Labute approximate surface area is 224 Å². The molecule has 0 unspecified atom stereocenters. The van der Waals surface area contributed by atoms with Crippen LogP contribution in [0, 0.1) is 0 Å². The molecule has 0 aromatic heterocycles. The Balaban J connectivity index is 1.73. The number of benzene rings is 2. The van der Waals surface area contributed by atoms with Gasteiger partial charge < -0.3 is 10.0 Å². The van der Waals surface area contributed by atoms with Gasteiger partial charge in [-0.15, -0.1) is 0 Å². The minimum atomic E-state index is -4.25. The number of carboxylic acids is 1. The molecule has 2 aromatic carbocycles. The van der Waals surface area contributed by atoms with E-state index in [2.05, 4.69) is 60.6 Å². The van der Waals surface area contributed by atoms with Crippen LogP contribution < -0.4 is 20.1 Å². The zero-order chi connectivity index (χ0) is 27.6. The summed E-state index contributed by atoms with van der Waals surface area (Å²) in [5, 5.41) is 11.7. The summed E-state index contributed by atoms with van der Waals surface area (Å²) in [6.45, 7) is 13.2. The topological polar surface area (TPSA) is 97.9 Å². The van der Waals surface area contributed by atoms with E-state index in [4.69, 9.17) is 0 Å². The van der Waals surface area contributed by atoms with Gasteiger partial charge in [-0.25, -0.2) is 4.58 Å². The second-order valence-electron chi connectivity index (χ2n) is 11.8. The lowest BCUT2D eigenvalue weighted by atomic mass is 9.70. The third-order valence-corrected chi connectivity index (χ3v) is 9.10. The second kappa shape index (κ2) is 9.06. The Kier molecular flexibility index (Phi) is 6.35. The summed E-state index contributed by atoms with van der Waals surface area (Å²) in [6.07, 6.45) is 5.65. The molecule has 0 atom stereocenters. The van der Waals surface area contributed by atoms with Crippen molar-refractivity contribution in [2.24, 2.45) is 0 Å². The van der Waals surface area contributed by atoms with Crippen LogP contribution in [-0.2, 0) is 26.7 Å². The summed E-state index contributed by atoms with van der Waals surface area (Å²) < 4.78 is 36.2. The number of carboxylic acid groups (broad SMARTS) is 1. The van der Waals surface area contributed by atoms with E-state index in [1.165, 1.54) is 21.7 Å². The van der Waals surface area contributed by atoms with Crippen LogP contribution >= 0.6 is 0 Å². The van der Waals surface area contributed by atoms with Crippen molar-refractivity contribution >= 4 is 33.4 Å². The number of aliphatic carboxylic acids is 1. The van der Waals surface area contributed by atoms with Crippen molar-refractivity contribution < 1.29 is 22.9 Å². The lowest BCUT2D eigenvalue weighted by Crippen LogP contribution is -2.46. The van der Waals surface area contributed by atoms with Crippen LogP contribution in [-0.4, -0.2) is 55.0 Å². The van der Waals surface area contributed by atoms with Crippen molar-refractivity contribution in [2.75, 3.05) is 30.3 Å². The predicted octanol–water partition coefficient (Wildman–Crippen LogP) is 2.96. The molecule has 0 saturated carbocycles. The molecule has 3 aliphatic rings. The van der Waals surface area contributed by atoms with Gasteiger partial charge in [-0.2, -0.15) is 8.42 Å². The van der Waals surface area contributed by atoms with Crippen molar-refractivity contribution in [3.05, 3.63) is 68.7 Å². The number of fused-ring (bicyclic) bond motifs is 4. The molecule has 8 heteroatoms. The molecule has 2 aliphatic heterocycles. The highest BCUT2D eigenvalue weighted by Crippen LogP contribution is 2.45. The molecule has 2 aromatic rings. The number of hydrogen-bond donors (Lipinski definition) is 2. The highest BCUT2D eigenvalue weighted by atomic mass is 32.2. The number of rotatable bonds is 7. The van der Waals surface area contributed by atoms with E-state index in [1.54, 1.807) is 0 Å². The van der Waals surface area contributed by atoms with E-state index < -0.39 is 27.4 Å². The molecule has 5 rings (SSSR count). The molecule has 2 heterocycles. The second-order valence-corrected chi connectivity index (χ2v) is 13.3. The molecule has 0 bridgehead atoms. The standard InChI is InChI=1S/C30H36N2O5S/c1-6-31-11-9-19-12-20-13-21-14-23-22(18-38(35,36)37)17-29(2,3)32(10-7-8-28(33)34)27(23)16-25(21)30(4,5)24(20)15-26(19)31/h12-17H,6-11,18H2,1-5H3,(H-,33,34,35,36,37)/p+1. The molecule has 0 amide bonds. The predicted molar refractivity (Wildman–Crippen MR) is 151 cm³/mol. The number of carbonyl (C=O) groups is 1. The van der Waals surface area contributed by atoms with Crippen molar-refractivity contribution in [1.82, 2.24) is 4.58 Å². The SMILES string of the molecule is CC[N+]1=c2cc3c(cc2CC1)=Cc1cc2c(cc1C3(C)C)N(CCCC(=O)O)C(C)(C)C=C2CS(=O)(=O)O. The monoisotopic (exact) mass is 537 g/mol. The lowest BCUT2D eigenvalue weighted by Gasteiger charge is -2.45. The molecule has 202 valence electrons. The highest BCUT2D eigenvalue weighted by molar-refractivity contribution is 7.86. The zero-order valence-electron chi connectivity index (χ0n) is 22.8. The molecule has 2 N–H and O–H groups in total. The highest BCUT2D eigenvalue weighted by Gasteiger charge is 2.38. The summed E-state index contributed by atoms with van der Waals surface area (Å²) in [4.78, 5) is 13.4. The average molecular weight is 538 g/mol. The Morgan fingerprint density at radius 3 is 2.50 bits per heavy atom. The molecule has 0 spiro atoms. The molecule has 1 aliphatic carbocycles. The fraction of sp³-hybridized carbons (Fsp3) is 0.467. The molecule has 38 heavy (non-hydrogen) atoms. The van der Waals surface area contributed by atoms with Crippen LogP contribution in [0.2, 0.25) is 0 Å². The van der Waals surface area contributed by atoms with Gasteiger partial charge >= 0.3 is 5.97 Å². The smallest absolute Gasteiger partial charge is 0.303 e. The van der Waals surface area contributed by atoms with Crippen LogP contribution in [0.25, 0.3) is 11.6 Å². The van der Waals surface area contributed by atoms with Gasteiger partial charge in [0, 0.05) is 47.7 Å². The molecular weight excluding hydrogens is 500 g/mol. The maximum absolute atomic E-state index is 12.0.